The smallest absolute Gasteiger partial charge is 0.416 e. The minimum atomic E-state index is -4.71. The van der Waals surface area contributed by atoms with E-state index in [1.807, 2.05) is 36.7 Å². The highest BCUT2D eigenvalue weighted by molar-refractivity contribution is 6.10. The van der Waals surface area contributed by atoms with Gasteiger partial charge in [0.2, 0.25) is 0 Å². The molecule has 1 unspecified atom stereocenters. The SMILES string of the molecule is Cn1cnnc1C(c1cccc(N2Cc3c(cc(CN(C(=O)OC(C)(C)C)C4(C)CCC4)cc3C(F)(F)F)C2=O)c1)C1CC2(C1)OCCO2. The number of fused-ring (bicyclic) bond motifs is 1. The third-order valence-electron chi connectivity index (χ3n) is 10.4. The molecule has 0 bridgehead atoms. The lowest BCUT2D eigenvalue weighted by atomic mass is 9.68. The molecule has 2 saturated carbocycles. The molecule has 3 heterocycles. The highest BCUT2D eigenvalue weighted by Gasteiger charge is 2.53. The second-order valence-electron chi connectivity index (χ2n) is 15.1. The molecule has 2 aromatic carbocycles. The quantitative estimate of drug-likeness (QED) is 0.266. The van der Waals surface area contributed by atoms with Crippen molar-refractivity contribution >= 4 is 17.7 Å². The Hall–Kier alpha value is -3.97. The summed E-state index contributed by atoms with van der Waals surface area (Å²) >= 11 is 0. The summed E-state index contributed by atoms with van der Waals surface area (Å²) in [5.74, 6) is -0.456. The van der Waals surface area contributed by atoms with Crippen molar-refractivity contribution in [2.75, 3.05) is 18.1 Å². The molecule has 3 fully saturated rings. The molecule has 1 saturated heterocycles. The van der Waals surface area contributed by atoms with Crippen LogP contribution in [0.25, 0.3) is 0 Å². The molecule has 49 heavy (non-hydrogen) atoms. The number of hydrogen-bond acceptors (Lipinski definition) is 7. The van der Waals surface area contributed by atoms with Crippen molar-refractivity contribution in [2.24, 2.45) is 13.0 Å². The number of carbonyl (C=O) groups is 2. The van der Waals surface area contributed by atoms with Crippen molar-refractivity contribution in [3.63, 3.8) is 0 Å². The second-order valence-corrected chi connectivity index (χ2v) is 15.1. The maximum atomic E-state index is 14.7. The van der Waals surface area contributed by atoms with Crippen LogP contribution >= 0.6 is 0 Å². The van der Waals surface area contributed by atoms with Crippen LogP contribution in [0.4, 0.5) is 23.7 Å². The predicted molar refractivity (Wildman–Crippen MR) is 173 cm³/mol. The van der Waals surface area contributed by atoms with E-state index in [1.54, 1.807) is 33.2 Å². The molecule has 1 spiro atoms. The lowest BCUT2D eigenvalue weighted by Gasteiger charge is -2.47. The number of nitrogens with zero attached hydrogens (tertiary/aromatic N) is 5. The topological polar surface area (TPSA) is 99.0 Å². The maximum Gasteiger partial charge on any atom is 0.416 e. The molecular formula is C36H42F3N5O5. The van der Waals surface area contributed by atoms with Crippen molar-refractivity contribution in [3.05, 3.63) is 76.4 Å². The van der Waals surface area contributed by atoms with Gasteiger partial charge in [-0.15, -0.1) is 10.2 Å². The molecule has 3 aromatic rings. The van der Waals surface area contributed by atoms with Gasteiger partial charge in [-0.2, -0.15) is 13.2 Å². The summed E-state index contributed by atoms with van der Waals surface area (Å²) < 4.78 is 63.3. The summed E-state index contributed by atoms with van der Waals surface area (Å²) in [6, 6.07) is 9.95. The number of aromatic nitrogens is 3. The van der Waals surface area contributed by atoms with E-state index in [1.165, 1.54) is 15.9 Å². The Bertz CT molecular complexity index is 1760. The minimum Gasteiger partial charge on any atom is -0.444 e. The highest BCUT2D eigenvalue weighted by atomic mass is 19.4. The van der Waals surface area contributed by atoms with Gasteiger partial charge in [-0.1, -0.05) is 12.1 Å². The van der Waals surface area contributed by atoms with E-state index >= 15 is 0 Å². The van der Waals surface area contributed by atoms with Gasteiger partial charge in [-0.05, 0) is 93.8 Å². The van der Waals surface area contributed by atoms with Gasteiger partial charge in [-0.3, -0.25) is 9.69 Å². The number of aryl methyl sites for hydroxylation is 1. The summed E-state index contributed by atoms with van der Waals surface area (Å²) in [6.07, 6.45) is -0.00559. The average Bonchev–Trinajstić information content (AvgIpc) is 3.73. The molecule has 1 atom stereocenters. The van der Waals surface area contributed by atoms with Crippen LogP contribution in [0.15, 0.2) is 42.7 Å². The molecule has 10 nitrogen and oxygen atoms in total. The number of ether oxygens (including phenoxy) is 3. The van der Waals surface area contributed by atoms with Gasteiger partial charge >= 0.3 is 12.3 Å². The number of amides is 2. The van der Waals surface area contributed by atoms with E-state index in [0.717, 1.165) is 23.9 Å². The van der Waals surface area contributed by atoms with E-state index in [4.69, 9.17) is 14.2 Å². The third kappa shape index (κ3) is 6.20. The fraction of sp³-hybridized carbons (Fsp3) is 0.556. The molecule has 2 amide bonds. The summed E-state index contributed by atoms with van der Waals surface area (Å²) in [6.45, 7) is 7.93. The molecule has 0 N–H and O–H groups in total. The van der Waals surface area contributed by atoms with E-state index in [0.29, 0.717) is 44.6 Å². The van der Waals surface area contributed by atoms with Crippen LogP contribution < -0.4 is 4.90 Å². The molecule has 13 heteroatoms. The van der Waals surface area contributed by atoms with Gasteiger partial charge < -0.3 is 23.7 Å². The van der Waals surface area contributed by atoms with E-state index in [-0.39, 0.29) is 41.6 Å². The van der Waals surface area contributed by atoms with Crippen molar-refractivity contribution in [2.45, 2.75) is 102 Å². The van der Waals surface area contributed by atoms with Crippen LogP contribution in [0.1, 0.15) is 104 Å². The van der Waals surface area contributed by atoms with Crippen LogP contribution in [-0.2, 0) is 40.5 Å². The first-order valence-electron chi connectivity index (χ1n) is 16.8. The fourth-order valence-corrected chi connectivity index (χ4v) is 7.75. The Labute approximate surface area is 283 Å². The van der Waals surface area contributed by atoms with Gasteiger partial charge in [0.05, 0.1) is 25.3 Å². The van der Waals surface area contributed by atoms with Crippen LogP contribution in [0, 0.1) is 5.92 Å². The lowest BCUT2D eigenvalue weighted by molar-refractivity contribution is -0.232. The Kier molecular flexibility index (Phi) is 8.09. The number of carbonyl (C=O) groups excluding carboxylic acids is 2. The van der Waals surface area contributed by atoms with Gasteiger partial charge in [0.15, 0.2) is 5.79 Å². The van der Waals surface area contributed by atoms with Crippen molar-refractivity contribution < 1.29 is 37.0 Å². The number of anilines is 1. The Morgan fingerprint density at radius 3 is 2.43 bits per heavy atom. The Morgan fingerprint density at radius 1 is 1.12 bits per heavy atom. The first kappa shape index (κ1) is 33.5. The first-order valence-corrected chi connectivity index (χ1v) is 16.8. The zero-order valence-corrected chi connectivity index (χ0v) is 28.5. The van der Waals surface area contributed by atoms with Gasteiger partial charge in [0.1, 0.15) is 17.8 Å². The molecule has 7 rings (SSSR count). The Morgan fingerprint density at radius 2 is 1.84 bits per heavy atom. The largest absolute Gasteiger partial charge is 0.444 e. The van der Waals surface area contributed by atoms with Crippen molar-refractivity contribution in [1.82, 2.24) is 19.7 Å². The molecule has 4 aliphatic rings. The van der Waals surface area contributed by atoms with Crippen LogP contribution in [0.5, 0.6) is 0 Å². The van der Waals surface area contributed by atoms with Crippen LogP contribution in [-0.4, -0.2) is 61.8 Å². The standard InChI is InChI=1S/C36H42F3N5O5/c1-33(2,3)49-32(46)44(34(4)10-7-11-34)19-22-14-26-27(28(15-22)36(37,38)39)20-43(31(26)45)25-9-6-8-23(16-25)29(30-41-40-21-42(30)5)24-17-35(18-24)47-12-13-48-35/h6,8-9,14-16,21,24,29H,7,10-13,17-20H2,1-5H3. The second kappa shape index (κ2) is 11.8. The summed E-state index contributed by atoms with van der Waals surface area (Å²) in [5.41, 5.74) is -0.708. The molecule has 262 valence electrons. The number of rotatable bonds is 7. The zero-order chi connectivity index (χ0) is 34.9. The van der Waals surface area contributed by atoms with E-state index in [2.05, 4.69) is 10.2 Å². The summed E-state index contributed by atoms with van der Waals surface area (Å²) in [7, 11) is 1.87. The lowest BCUT2D eigenvalue weighted by Crippen LogP contribution is -2.54. The molecule has 2 aliphatic heterocycles. The predicted octanol–water partition coefficient (Wildman–Crippen LogP) is 6.96. The zero-order valence-electron chi connectivity index (χ0n) is 28.5. The summed E-state index contributed by atoms with van der Waals surface area (Å²) in [4.78, 5) is 30.3. The van der Waals surface area contributed by atoms with Crippen LogP contribution in [0.3, 0.4) is 0 Å². The molecule has 0 radical (unpaired) electrons. The number of benzene rings is 2. The summed E-state index contributed by atoms with van der Waals surface area (Å²) in [5, 5.41) is 8.50. The number of hydrogen-bond donors (Lipinski definition) is 0. The maximum absolute atomic E-state index is 14.7. The third-order valence-corrected chi connectivity index (χ3v) is 10.4. The monoisotopic (exact) mass is 681 g/mol. The van der Waals surface area contributed by atoms with Crippen molar-refractivity contribution in [3.8, 4) is 0 Å². The number of alkyl halides is 3. The fourth-order valence-electron chi connectivity index (χ4n) is 7.75. The number of halogens is 3. The molecular weight excluding hydrogens is 639 g/mol. The van der Waals surface area contributed by atoms with Gasteiger partial charge in [0, 0.05) is 49.1 Å². The first-order chi connectivity index (χ1) is 23.1. The van der Waals surface area contributed by atoms with Gasteiger partial charge in [0.25, 0.3) is 5.91 Å². The van der Waals surface area contributed by atoms with Crippen LogP contribution in [0.2, 0.25) is 0 Å². The highest BCUT2D eigenvalue weighted by Crippen LogP contribution is 2.52. The van der Waals surface area contributed by atoms with E-state index < -0.39 is 40.7 Å². The Balaban J connectivity index is 1.21. The normalized spacial score (nSPS) is 20.6. The molecule has 2 aliphatic carbocycles. The van der Waals surface area contributed by atoms with Gasteiger partial charge in [-0.25, -0.2) is 4.79 Å². The average molecular weight is 682 g/mol. The minimum absolute atomic E-state index is 0.0144. The van der Waals surface area contributed by atoms with Crippen molar-refractivity contribution in [1.29, 1.82) is 0 Å². The van der Waals surface area contributed by atoms with E-state index in [9.17, 15) is 22.8 Å². The molecule has 1 aromatic heterocycles.